The Morgan fingerprint density at radius 3 is 2.50 bits per heavy atom. The molecule has 78 valence electrons. The molecule has 0 aliphatic heterocycles. The van der Waals surface area contributed by atoms with Crippen LogP contribution in [-0.4, -0.2) is 10.2 Å². The van der Waals surface area contributed by atoms with Crippen molar-refractivity contribution < 1.29 is 10.2 Å². The maximum atomic E-state index is 9.55. The molecule has 0 amide bonds. The van der Waals surface area contributed by atoms with E-state index in [-0.39, 0.29) is 17.5 Å². The molecule has 0 aliphatic rings. The third kappa shape index (κ3) is 2.39. The van der Waals surface area contributed by atoms with Crippen molar-refractivity contribution in [3.8, 4) is 11.5 Å². The minimum atomic E-state index is -0.220. The van der Waals surface area contributed by atoms with Crippen LogP contribution in [0, 0.1) is 5.92 Å². The third-order valence-corrected chi connectivity index (χ3v) is 2.17. The van der Waals surface area contributed by atoms with E-state index in [1.807, 2.05) is 0 Å². The molecule has 0 spiro atoms. The SMILES string of the molecule is CC(C)C[C@H](N)c1cccc(O)c1O. The number of rotatable bonds is 3. The molecule has 0 saturated heterocycles. The molecule has 0 aromatic heterocycles. The molecule has 1 rings (SSSR count). The average molecular weight is 195 g/mol. The number of phenols is 2. The first-order valence-corrected chi connectivity index (χ1v) is 4.78. The fourth-order valence-electron chi connectivity index (χ4n) is 1.48. The van der Waals surface area contributed by atoms with E-state index in [2.05, 4.69) is 13.8 Å². The van der Waals surface area contributed by atoms with Crippen molar-refractivity contribution in [1.82, 2.24) is 0 Å². The molecule has 0 heterocycles. The fourth-order valence-corrected chi connectivity index (χ4v) is 1.48. The maximum absolute atomic E-state index is 9.55. The van der Waals surface area contributed by atoms with Gasteiger partial charge in [0.2, 0.25) is 0 Å². The molecule has 1 aromatic rings. The molecule has 3 heteroatoms. The molecule has 1 atom stereocenters. The summed E-state index contributed by atoms with van der Waals surface area (Å²) in [5, 5.41) is 18.8. The van der Waals surface area contributed by atoms with Crippen LogP contribution in [0.15, 0.2) is 18.2 Å². The highest BCUT2D eigenvalue weighted by Gasteiger charge is 2.14. The van der Waals surface area contributed by atoms with E-state index in [4.69, 9.17) is 5.73 Å². The van der Waals surface area contributed by atoms with Crippen molar-refractivity contribution in [1.29, 1.82) is 0 Å². The quantitative estimate of drug-likeness (QED) is 0.647. The second-order valence-electron chi connectivity index (χ2n) is 3.95. The summed E-state index contributed by atoms with van der Waals surface area (Å²) in [7, 11) is 0. The van der Waals surface area contributed by atoms with Gasteiger partial charge in [0.1, 0.15) is 0 Å². The van der Waals surface area contributed by atoms with Crippen molar-refractivity contribution in [3.05, 3.63) is 23.8 Å². The van der Waals surface area contributed by atoms with Gasteiger partial charge in [-0.2, -0.15) is 0 Å². The lowest BCUT2D eigenvalue weighted by molar-refractivity contribution is 0.391. The van der Waals surface area contributed by atoms with Crippen molar-refractivity contribution in [2.24, 2.45) is 11.7 Å². The summed E-state index contributed by atoms with van der Waals surface area (Å²) in [4.78, 5) is 0. The number of nitrogens with two attached hydrogens (primary N) is 1. The van der Waals surface area contributed by atoms with E-state index in [1.54, 1.807) is 12.1 Å². The Kier molecular flexibility index (Phi) is 3.36. The van der Waals surface area contributed by atoms with Crippen LogP contribution in [0.5, 0.6) is 11.5 Å². The van der Waals surface area contributed by atoms with Crippen LogP contribution >= 0.6 is 0 Å². The molecular weight excluding hydrogens is 178 g/mol. The summed E-state index contributed by atoms with van der Waals surface area (Å²) in [6.07, 6.45) is 0.789. The van der Waals surface area contributed by atoms with E-state index >= 15 is 0 Å². The first-order chi connectivity index (χ1) is 6.52. The Balaban J connectivity index is 2.89. The molecule has 0 saturated carbocycles. The fraction of sp³-hybridized carbons (Fsp3) is 0.455. The van der Waals surface area contributed by atoms with Gasteiger partial charge in [-0.3, -0.25) is 0 Å². The van der Waals surface area contributed by atoms with E-state index in [0.717, 1.165) is 6.42 Å². The van der Waals surface area contributed by atoms with Crippen LogP contribution < -0.4 is 5.73 Å². The number of aromatic hydroxyl groups is 2. The predicted octanol–water partition coefficient (Wildman–Crippen LogP) is 2.14. The number of hydrogen-bond acceptors (Lipinski definition) is 3. The minimum absolute atomic E-state index is 0.0966. The summed E-state index contributed by atoms with van der Waals surface area (Å²) < 4.78 is 0. The Labute approximate surface area is 84.2 Å². The number of phenolic OH excluding ortho intramolecular Hbond substituents is 2. The Hall–Kier alpha value is -1.22. The van der Waals surface area contributed by atoms with Crippen LogP contribution in [0.3, 0.4) is 0 Å². The molecule has 3 nitrogen and oxygen atoms in total. The Bertz CT molecular complexity index is 310. The predicted molar refractivity (Wildman–Crippen MR) is 56.2 cm³/mol. The molecule has 0 bridgehead atoms. The Morgan fingerprint density at radius 1 is 1.29 bits per heavy atom. The molecule has 14 heavy (non-hydrogen) atoms. The molecule has 0 fully saturated rings. The van der Waals surface area contributed by atoms with Crippen LogP contribution in [0.4, 0.5) is 0 Å². The molecule has 1 aromatic carbocycles. The van der Waals surface area contributed by atoms with Gasteiger partial charge in [-0.05, 0) is 18.4 Å². The van der Waals surface area contributed by atoms with Gasteiger partial charge >= 0.3 is 0 Å². The zero-order valence-electron chi connectivity index (χ0n) is 8.57. The van der Waals surface area contributed by atoms with E-state index < -0.39 is 0 Å². The highest BCUT2D eigenvalue weighted by molar-refractivity contribution is 5.45. The summed E-state index contributed by atoms with van der Waals surface area (Å²) in [6.45, 7) is 4.14. The lowest BCUT2D eigenvalue weighted by Crippen LogP contribution is -2.12. The van der Waals surface area contributed by atoms with Crippen LogP contribution in [0.2, 0.25) is 0 Å². The van der Waals surface area contributed by atoms with Gasteiger partial charge in [0.15, 0.2) is 11.5 Å². The zero-order valence-corrected chi connectivity index (χ0v) is 8.57. The number of para-hydroxylation sites is 1. The standard InChI is InChI=1S/C11H17NO2/c1-7(2)6-9(12)8-4-3-5-10(13)11(8)14/h3-5,7,9,13-14H,6,12H2,1-2H3/t9-/m0/s1. The summed E-state index contributed by atoms with van der Waals surface area (Å²) in [6, 6.07) is 4.65. The molecule has 0 radical (unpaired) electrons. The van der Waals surface area contributed by atoms with Gasteiger partial charge in [-0.1, -0.05) is 26.0 Å². The number of hydrogen-bond donors (Lipinski definition) is 3. The monoisotopic (exact) mass is 195 g/mol. The maximum Gasteiger partial charge on any atom is 0.162 e. The Morgan fingerprint density at radius 2 is 1.93 bits per heavy atom. The second-order valence-corrected chi connectivity index (χ2v) is 3.95. The van der Waals surface area contributed by atoms with Crippen molar-refractivity contribution >= 4 is 0 Å². The van der Waals surface area contributed by atoms with Crippen LogP contribution in [0.1, 0.15) is 31.9 Å². The van der Waals surface area contributed by atoms with Crippen molar-refractivity contribution in [2.75, 3.05) is 0 Å². The molecule has 4 N–H and O–H groups in total. The smallest absolute Gasteiger partial charge is 0.162 e. The van der Waals surface area contributed by atoms with Gasteiger partial charge < -0.3 is 15.9 Å². The lowest BCUT2D eigenvalue weighted by atomic mass is 9.97. The molecule has 0 aliphatic carbocycles. The summed E-state index contributed by atoms with van der Waals surface area (Å²) in [5.74, 6) is 0.258. The van der Waals surface area contributed by atoms with Gasteiger partial charge in [0.05, 0.1) is 0 Å². The first kappa shape index (κ1) is 10.9. The van der Waals surface area contributed by atoms with Crippen molar-refractivity contribution in [2.45, 2.75) is 26.3 Å². The lowest BCUT2D eigenvalue weighted by Gasteiger charge is -2.16. The van der Waals surface area contributed by atoms with Gasteiger partial charge in [-0.25, -0.2) is 0 Å². The number of benzene rings is 1. The second kappa shape index (κ2) is 4.33. The molecular formula is C11H17NO2. The van der Waals surface area contributed by atoms with E-state index in [9.17, 15) is 10.2 Å². The first-order valence-electron chi connectivity index (χ1n) is 4.78. The topological polar surface area (TPSA) is 66.5 Å². The summed E-state index contributed by atoms with van der Waals surface area (Å²) >= 11 is 0. The zero-order chi connectivity index (χ0) is 10.7. The van der Waals surface area contributed by atoms with E-state index in [0.29, 0.717) is 11.5 Å². The van der Waals surface area contributed by atoms with Gasteiger partial charge in [-0.15, -0.1) is 0 Å². The summed E-state index contributed by atoms with van der Waals surface area (Å²) in [5.41, 5.74) is 6.50. The van der Waals surface area contributed by atoms with Gasteiger partial charge in [0.25, 0.3) is 0 Å². The third-order valence-electron chi connectivity index (χ3n) is 2.17. The minimum Gasteiger partial charge on any atom is -0.504 e. The highest BCUT2D eigenvalue weighted by Crippen LogP contribution is 2.33. The van der Waals surface area contributed by atoms with E-state index in [1.165, 1.54) is 6.07 Å². The highest BCUT2D eigenvalue weighted by atomic mass is 16.3. The van der Waals surface area contributed by atoms with Gasteiger partial charge in [0, 0.05) is 11.6 Å². The van der Waals surface area contributed by atoms with Crippen LogP contribution in [-0.2, 0) is 0 Å². The largest absolute Gasteiger partial charge is 0.504 e. The average Bonchev–Trinajstić information content (AvgIpc) is 2.08. The van der Waals surface area contributed by atoms with Crippen molar-refractivity contribution in [3.63, 3.8) is 0 Å². The molecule has 0 unspecified atom stereocenters. The van der Waals surface area contributed by atoms with Crippen LogP contribution in [0.25, 0.3) is 0 Å². The normalized spacial score (nSPS) is 13.1.